The lowest BCUT2D eigenvalue weighted by atomic mass is 9.77. The van der Waals surface area contributed by atoms with Crippen molar-refractivity contribution in [1.29, 1.82) is 0 Å². The third-order valence-electron chi connectivity index (χ3n) is 6.74. The summed E-state index contributed by atoms with van der Waals surface area (Å²) >= 11 is 6.93. The first kappa shape index (κ1) is 25.9. The fraction of sp³-hybridized carbons (Fsp3) is 0.296. The van der Waals surface area contributed by atoms with Gasteiger partial charge in [-0.3, -0.25) is 9.48 Å². The molecule has 10 heteroatoms. The van der Waals surface area contributed by atoms with E-state index in [0.29, 0.717) is 0 Å². The van der Waals surface area contributed by atoms with E-state index in [0.717, 1.165) is 61.4 Å². The SMILES string of the molecule is Cc1cc(C(F)(F)F)nn1CC(=O)N1N=C2/C(=C/c3ccc(Br)cc3)CCC[C@@H]2[C@@H]1c1ccc(Br)cc1. The van der Waals surface area contributed by atoms with E-state index >= 15 is 0 Å². The van der Waals surface area contributed by atoms with Gasteiger partial charge in [-0.1, -0.05) is 56.1 Å². The number of allylic oxidation sites excluding steroid dienone is 1. The summed E-state index contributed by atoms with van der Waals surface area (Å²) in [4.78, 5) is 13.6. The lowest BCUT2D eigenvalue weighted by molar-refractivity contribution is -0.142. The maximum atomic E-state index is 13.6. The Morgan fingerprint density at radius 1 is 1.08 bits per heavy atom. The van der Waals surface area contributed by atoms with Crippen LogP contribution in [0, 0.1) is 12.8 Å². The molecule has 0 radical (unpaired) electrons. The van der Waals surface area contributed by atoms with Gasteiger partial charge in [0.15, 0.2) is 5.69 Å². The molecule has 37 heavy (non-hydrogen) atoms. The van der Waals surface area contributed by atoms with Gasteiger partial charge >= 0.3 is 6.18 Å². The van der Waals surface area contributed by atoms with Crippen LogP contribution < -0.4 is 0 Å². The van der Waals surface area contributed by atoms with Crippen molar-refractivity contribution in [2.45, 2.75) is 44.9 Å². The summed E-state index contributed by atoms with van der Waals surface area (Å²) in [7, 11) is 0. The summed E-state index contributed by atoms with van der Waals surface area (Å²) in [5, 5.41) is 9.92. The molecule has 0 saturated heterocycles. The Bertz CT molecular complexity index is 1380. The predicted octanol–water partition coefficient (Wildman–Crippen LogP) is 7.56. The van der Waals surface area contributed by atoms with Crippen molar-refractivity contribution in [3.63, 3.8) is 0 Å². The summed E-state index contributed by atoms with van der Waals surface area (Å²) in [5.74, 6) is -0.414. The minimum Gasteiger partial charge on any atom is -0.271 e. The van der Waals surface area contributed by atoms with Crippen molar-refractivity contribution in [3.05, 3.63) is 91.6 Å². The van der Waals surface area contributed by atoms with Crippen LogP contribution in [0.2, 0.25) is 0 Å². The van der Waals surface area contributed by atoms with E-state index in [-0.39, 0.29) is 24.2 Å². The molecule has 2 heterocycles. The number of amides is 1. The lowest BCUT2D eigenvalue weighted by Crippen LogP contribution is -2.34. The predicted molar refractivity (Wildman–Crippen MR) is 143 cm³/mol. The van der Waals surface area contributed by atoms with Crippen LogP contribution in [0.15, 0.2) is 74.2 Å². The Labute approximate surface area is 229 Å². The van der Waals surface area contributed by atoms with Crippen LogP contribution in [0.25, 0.3) is 6.08 Å². The van der Waals surface area contributed by atoms with Crippen molar-refractivity contribution in [1.82, 2.24) is 14.8 Å². The van der Waals surface area contributed by atoms with Crippen LogP contribution in [-0.4, -0.2) is 26.4 Å². The molecular weight excluding hydrogens is 613 g/mol. The zero-order chi connectivity index (χ0) is 26.3. The second kappa shape index (κ2) is 10.2. The zero-order valence-electron chi connectivity index (χ0n) is 19.8. The third-order valence-corrected chi connectivity index (χ3v) is 7.79. The summed E-state index contributed by atoms with van der Waals surface area (Å²) < 4.78 is 42.5. The van der Waals surface area contributed by atoms with Gasteiger partial charge < -0.3 is 0 Å². The summed E-state index contributed by atoms with van der Waals surface area (Å²) in [6, 6.07) is 16.4. The normalized spacial score (nSPS) is 20.8. The van der Waals surface area contributed by atoms with Crippen LogP contribution in [0.4, 0.5) is 13.2 Å². The highest BCUT2D eigenvalue weighted by molar-refractivity contribution is 9.10. The molecule has 0 N–H and O–H groups in total. The maximum Gasteiger partial charge on any atom is 0.435 e. The van der Waals surface area contributed by atoms with Crippen LogP contribution in [-0.2, 0) is 17.5 Å². The molecule has 2 atom stereocenters. The van der Waals surface area contributed by atoms with Crippen molar-refractivity contribution in [2.24, 2.45) is 11.0 Å². The molecule has 1 amide bonds. The number of carbonyl (C=O) groups is 1. The van der Waals surface area contributed by atoms with Crippen LogP contribution in [0.5, 0.6) is 0 Å². The molecule has 5 nitrogen and oxygen atoms in total. The van der Waals surface area contributed by atoms with E-state index in [4.69, 9.17) is 5.10 Å². The second-order valence-electron chi connectivity index (χ2n) is 9.27. The van der Waals surface area contributed by atoms with E-state index < -0.39 is 17.8 Å². The number of alkyl halides is 3. The largest absolute Gasteiger partial charge is 0.435 e. The van der Waals surface area contributed by atoms with Gasteiger partial charge in [-0.2, -0.15) is 23.4 Å². The highest BCUT2D eigenvalue weighted by Crippen LogP contribution is 2.44. The average molecular weight is 636 g/mol. The lowest BCUT2D eigenvalue weighted by Gasteiger charge is -2.29. The van der Waals surface area contributed by atoms with Crippen molar-refractivity contribution < 1.29 is 18.0 Å². The van der Waals surface area contributed by atoms with Gasteiger partial charge in [-0.25, -0.2) is 5.01 Å². The number of halogens is 5. The van der Waals surface area contributed by atoms with Gasteiger partial charge in [0.05, 0.1) is 11.8 Å². The monoisotopic (exact) mass is 634 g/mol. The number of hydrogen-bond donors (Lipinski definition) is 0. The molecule has 0 spiro atoms. The standard InChI is InChI=1S/C27H23Br2F3N4O/c1-16-13-23(27(30,31)32)33-35(16)15-24(37)36-26(18-7-11-21(29)12-8-18)22-4-2-3-19(25(22)34-36)14-17-5-9-20(28)10-6-17/h5-14,22,26H,2-4,15H2,1H3/b19-14+/t22-,26-/m0/s1. The molecule has 192 valence electrons. The highest BCUT2D eigenvalue weighted by atomic mass is 79.9. The highest BCUT2D eigenvalue weighted by Gasteiger charge is 2.44. The first-order valence-corrected chi connectivity index (χ1v) is 13.4. The topological polar surface area (TPSA) is 50.5 Å². The zero-order valence-corrected chi connectivity index (χ0v) is 23.0. The van der Waals surface area contributed by atoms with Gasteiger partial charge in [0, 0.05) is 20.6 Å². The molecule has 2 aliphatic rings. The van der Waals surface area contributed by atoms with Gasteiger partial charge in [0.1, 0.15) is 6.54 Å². The number of rotatable bonds is 4. The molecule has 2 aromatic carbocycles. The molecule has 5 rings (SSSR count). The molecule has 1 fully saturated rings. The van der Waals surface area contributed by atoms with Gasteiger partial charge in [0.25, 0.3) is 5.91 Å². The van der Waals surface area contributed by atoms with Gasteiger partial charge in [-0.15, -0.1) is 0 Å². The summed E-state index contributed by atoms with van der Waals surface area (Å²) in [5.41, 5.74) is 3.16. The van der Waals surface area contributed by atoms with Gasteiger partial charge in [0.2, 0.25) is 0 Å². The van der Waals surface area contributed by atoms with E-state index in [1.165, 1.54) is 11.9 Å². The number of aryl methyl sites for hydroxylation is 1. The third kappa shape index (κ3) is 5.45. The number of aromatic nitrogens is 2. The fourth-order valence-corrected chi connectivity index (χ4v) is 5.50. The Hall–Kier alpha value is -2.72. The first-order valence-electron chi connectivity index (χ1n) is 11.8. The molecule has 1 aliphatic carbocycles. The average Bonchev–Trinajstić information content (AvgIpc) is 3.43. The molecule has 0 unspecified atom stereocenters. The van der Waals surface area contributed by atoms with E-state index in [1.54, 1.807) is 0 Å². The fourth-order valence-electron chi connectivity index (χ4n) is 4.97. The van der Waals surface area contributed by atoms with Crippen LogP contribution in [0.1, 0.15) is 47.8 Å². The van der Waals surface area contributed by atoms with Crippen molar-refractivity contribution >= 4 is 49.6 Å². The minimum atomic E-state index is -4.57. The van der Waals surface area contributed by atoms with E-state index in [2.05, 4.69) is 43.0 Å². The molecule has 1 aliphatic heterocycles. The van der Waals surface area contributed by atoms with Crippen molar-refractivity contribution in [3.8, 4) is 0 Å². The number of hydrogen-bond acceptors (Lipinski definition) is 3. The molecule has 0 bridgehead atoms. The maximum absolute atomic E-state index is 13.6. The molecule has 1 saturated carbocycles. The van der Waals surface area contributed by atoms with E-state index in [9.17, 15) is 18.0 Å². The number of carbonyl (C=O) groups excluding carboxylic acids is 1. The Kier molecular flexibility index (Phi) is 7.15. The molecular formula is C27H23Br2F3N4O. The van der Waals surface area contributed by atoms with Crippen molar-refractivity contribution in [2.75, 3.05) is 0 Å². The number of fused-ring (bicyclic) bond motifs is 1. The number of benzene rings is 2. The number of nitrogens with zero attached hydrogens (tertiary/aromatic N) is 4. The molecule has 3 aromatic rings. The Balaban J connectivity index is 1.51. The van der Waals surface area contributed by atoms with Gasteiger partial charge in [-0.05, 0) is 79.3 Å². The smallest absolute Gasteiger partial charge is 0.271 e. The molecule has 1 aromatic heterocycles. The van der Waals surface area contributed by atoms with Crippen LogP contribution in [0.3, 0.4) is 0 Å². The Morgan fingerprint density at radius 3 is 2.35 bits per heavy atom. The first-order chi connectivity index (χ1) is 17.6. The quantitative estimate of drug-likeness (QED) is 0.297. The van der Waals surface area contributed by atoms with E-state index in [1.807, 2.05) is 48.5 Å². The Morgan fingerprint density at radius 2 is 1.73 bits per heavy atom. The minimum absolute atomic E-state index is 0.00923. The summed E-state index contributed by atoms with van der Waals surface area (Å²) in [6.07, 6.45) is 0.188. The summed E-state index contributed by atoms with van der Waals surface area (Å²) in [6.45, 7) is 1.18. The second-order valence-corrected chi connectivity index (χ2v) is 11.1. The van der Waals surface area contributed by atoms with Crippen LogP contribution >= 0.6 is 31.9 Å². The number of hydrazone groups is 1.